The monoisotopic (exact) mass is 222 g/mol. The van der Waals surface area contributed by atoms with E-state index in [9.17, 15) is 0 Å². The van der Waals surface area contributed by atoms with Crippen molar-refractivity contribution in [2.75, 3.05) is 0 Å². The van der Waals surface area contributed by atoms with Crippen LogP contribution in [0.5, 0.6) is 0 Å². The molecule has 0 aromatic carbocycles. The molecule has 0 radical (unpaired) electrons. The minimum absolute atomic E-state index is 0.107. The predicted octanol–water partition coefficient (Wildman–Crippen LogP) is 3.68. The van der Waals surface area contributed by atoms with E-state index in [1.54, 1.807) is 6.20 Å². The number of halogens is 1. The summed E-state index contributed by atoms with van der Waals surface area (Å²) < 4.78 is 1.92. The van der Waals surface area contributed by atoms with Crippen molar-refractivity contribution in [3.8, 4) is 0 Å². The van der Waals surface area contributed by atoms with Crippen LogP contribution >= 0.6 is 11.6 Å². The normalized spacial score (nSPS) is 12.3. The van der Waals surface area contributed by atoms with Gasteiger partial charge < -0.3 is 0 Å². The molecule has 0 saturated heterocycles. The summed E-state index contributed by atoms with van der Waals surface area (Å²) in [5, 5.41) is 0.775. The van der Waals surface area contributed by atoms with Gasteiger partial charge in [0.1, 0.15) is 10.8 Å². The molecule has 2 aromatic rings. The lowest BCUT2D eigenvalue weighted by Crippen LogP contribution is -2.17. The highest BCUT2D eigenvalue weighted by molar-refractivity contribution is 6.30. The third-order valence-electron chi connectivity index (χ3n) is 3.12. The molecular formula is C12H15ClN2. The lowest BCUT2D eigenvalue weighted by molar-refractivity contribution is 0.504. The van der Waals surface area contributed by atoms with E-state index in [1.807, 2.05) is 16.7 Å². The van der Waals surface area contributed by atoms with Gasteiger partial charge >= 0.3 is 0 Å². The van der Waals surface area contributed by atoms with Crippen molar-refractivity contribution in [2.24, 2.45) is 0 Å². The van der Waals surface area contributed by atoms with Crippen molar-refractivity contribution in [2.45, 2.75) is 32.6 Å². The summed E-state index contributed by atoms with van der Waals surface area (Å²) in [7, 11) is 0. The molecule has 2 aromatic heterocycles. The molecule has 0 fully saturated rings. The minimum Gasteiger partial charge on any atom is -0.290 e. The zero-order valence-corrected chi connectivity index (χ0v) is 10.0. The van der Waals surface area contributed by atoms with Gasteiger partial charge in [-0.2, -0.15) is 0 Å². The number of hydrogen-bond acceptors (Lipinski definition) is 1. The van der Waals surface area contributed by atoms with Gasteiger partial charge in [-0.3, -0.25) is 4.40 Å². The van der Waals surface area contributed by atoms with Crippen LogP contribution in [0.1, 0.15) is 32.8 Å². The number of rotatable bonds is 2. The first-order chi connectivity index (χ1) is 7.06. The van der Waals surface area contributed by atoms with Gasteiger partial charge in [0.05, 0.1) is 0 Å². The summed E-state index contributed by atoms with van der Waals surface area (Å²) in [5.74, 6) is 0. The van der Waals surface area contributed by atoms with Crippen molar-refractivity contribution in [3.63, 3.8) is 0 Å². The molecule has 2 rings (SSSR count). The molecule has 80 valence electrons. The third kappa shape index (κ3) is 1.63. The van der Waals surface area contributed by atoms with Crippen molar-refractivity contribution < 1.29 is 0 Å². The Morgan fingerprint density at radius 3 is 2.80 bits per heavy atom. The molecule has 0 atom stereocenters. The molecule has 15 heavy (non-hydrogen) atoms. The van der Waals surface area contributed by atoms with Crippen molar-refractivity contribution >= 4 is 17.2 Å². The van der Waals surface area contributed by atoms with Gasteiger partial charge in [0.15, 0.2) is 0 Å². The van der Waals surface area contributed by atoms with Gasteiger partial charge in [-0.05, 0) is 23.5 Å². The summed E-state index contributed by atoms with van der Waals surface area (Å²) in [6, 6.07) is 4.09. The molecule has 0 bridgehead atoms. The van der Waals surface area contributed by atoms with Gasteiger partial charge in [0, 0.05) is 12.4 Å². The molecule has 2 heterocycles. The molecule has 2 nitrogen and oxygen atoms in total. The first-order valence-corrected chi connectivity index (χ1v) is 5.56. The average molecular weight is 223 g/mol. The van der Waals surface area contributed by atoms with Crippen LogP contribution in [0.3, 0.4) is 0 Å². The van der Waals surface area contributed by atoms with Gasteiger partial charge in [-0.25, -0.2) is 4.98 Å². The van der Waals surface area contributed by atoms with E-state index in [4.69, 9.17) is 11.6 Å². The standard InChI is InChI=1S/C12H15ClN2/c1-4-12(2,3)9-5-6-10-14-7-8-15(10)11(9)13/h5-8H,4H2,1-3H3. The predicted molar refractivity (Wildman–Crippen MR) is 63.5 cm³/mol. The van der Waals surface area contributed by atoms with Crippen LogP contribution in [0.4, 0.5) is 0 Å². The van der Waals surface area contributed by atoms with E-state index in [0.29, 0.717) is 0 Å². The summed E-state index contributed by atoms with van der Waals surface area (Å²) in [5.41, 5.74) is 2.18. The fourth-order valence-electron chi connectivity index (χ4n) is 1.66. The second-order valence-electron chi connectivity index (χ2n) is 4.43. The maximum Gasteiger partial charge on any atom is 0.137 e. The van der Waals surface area contributed by atoms with E-state index in [-0.39, 0.29) is 5.41 Å². The summed E-state index contributed by atoms with van der Waals surface area (Å²) in [6.45, 7) is 6.59. The minimum atomic E-state index is 0.107. The number of nitrogens with zero attached hydrogens (tertiary/aromatic N) is 2. The molecule has 0 aliphatic carbocycles. The highest BCUT2D eigenvalue weighted by Gasteiger charge is 2.22. The van der Waals surface area contributed by atoms with Crippen molar-refractivity contribution in [3.05, 3.63) is 35.2 Å². The first-order valence-electron chi connectivity index (χ1n) is 5.18. The molecular weight excluding hydrogens is 208 g/mol. The Morgan fingerprint density at radius 2 is 2.13 bits per heavy atom. The van der Waals surface area contributed by atoms with E-state index < -0.39 is 0 Å². The zero-order chi connectivity index (χ0) is 11.1. The van der Waals surface area contributed by atoms with Crippen molar-refractivity contribution in [1.82, 2.24) is 9.38 Å². The van der Waals surface area contributed by atoms with E-state index in [1.165, 1.54) is 5.56 Å². The van der Waals surface area contributed by atoms with Crippen LogP contribution in [0.25, 0.3) is 5.65 Å². The summed E-state index contributed by atoms with van der Waals surface area (Å²) in [4.78, 5) is 4.21. The van der Waals surface area contributed by atoms with E-state index in [2.05, 4.69) is 31.8 Å². The smallest absolute Gasteiger partial charge is 0.137 e. The first kappa shape index (κ1) is 10.5. The molecule has 0 N–H and O–H groups in total. The maximum absolute atomic E-state index is 6.37. The van der Waals surface area contributed by atoms with Crippen LogP contribution in [0.15, 0.2) is 24.5 Å². The van der Waals surface area contributed by atoms with Crippen LogP contribution in [0.2, 0.25) is 5.15 Å². The Kier molecular flexibility index (Phi) is 2.47. The van der Waals surface area contributed by atoms with Gasteiger partial charge in [0.25, 0.3) is 0 Å². The van der Waals surface area contributed by atoms with Crippen LogP contribution in [-0.4, -0.2) is 9.38 Å². The topological polar surface area (TPSA) is 17.3 Å². The molecule has 0 aliphatic rings. The average Bonchev–Trinajstić information content (AvgIpc) is 2.66. The number of fused-ring (bicyclic) bond motifs is 1. The molecule has 0 amide bonds. The van der Waals surface area contributed by atoms with Crippen LogP contribution < -0.4 is 0 Å². The highest BCUT2D eigenvalue weighted by atomic mass is 35.5. The number of aromatic nitrogens is 2. The Bertz CT molecular complexity index is 485. The number of imidazole rings is 1. The SMILES string of the molecule is CCC(C)(C)c1ccc2nccn2c1Cl. The molecule has 0 spiro atoms. The molecule has 0 unspecified atom stereocenters. The second kappa shape index (κ2) is 3.53. The lowest BCUT2D eigenvalue weighted by atomic mass is 9.83. The Hall–Kier alpha value is -1.02. The number of pyridine rings is 1. The molecule has 3 heteroatoms. The lowest BCUT2D eigenvalue weighted by Gasteiger charge is -2.24. The van der Waals surface area contributed by atoms with Gasteiger partial charge in [-0.1, -0.05) is 38.4 Å². The van der Waals surface area contributed by atoms with Crippen molar-refractivity contribution in [1.29, 1.82) is 0 Å². The Labute approximate surface area is 94.9 Å². The quantitative estimate of drug-likeness (QED) is 0.709. The Balaban J connectivity index is 2.67. The Morgan fingerprint density at radius 1 is 1.40 bits per heavy atom. The third-order valence-corrected chi connectivity index (χ3v) is 3.50. The fourth-order valence-corrected chi connectivity index (χ4v) is 2.12. The van der Waals surface area contributed by atoms with E-state index >= 15 is 0 Å². The van der Waals surface area contributed by atoms with E-state index in [0.717, 1.165) is 17.2 Å². The summed E-state index contributed by atoms with van der Waals surface area (Å²) >= 11 is 6.37. The maximum atomic E-state index is 6.37. The highest BCUT2D eigenvalue weighted by Crippen LogP contribution is 2.32. The van der Waals surface area contributed by atoms with Gasteiger partial charge in [0.2, 0.25) is 0 Å². The summed E-state index contributed by atoms with van der Waals surface area (Å²) in [6.07, 6.45) is 4.73. The van der Waals surface area contributed by atoms with Crippen LogP contribution in [0, 0.1) is 0 Å². The molecule has 0 saturated carbocycles. The number of hydrogen-bond donors (Lipinski definition) is 0. The fraction of sp³-hybridized carbons (Fsp3) is 0.417. The van der Waals surface area contributed by atoms with Crippen LogP contribution in [-0.2, 0) is 5.41 Å². The molecule has 0 aliphatic heterocycles. The zero-order valence-electron chi connectivity index (χ0n) is 9.29. The second-order valence-corrected chi connectivity index (χ2v) is 4.79. The largest absolute Gasteiger partial charge is 0.290 e. The van der Waals surface area contributed by atoms with Gasteiger partial charge in [-0.15, -0.1) is 0 Å².